The molecule has 0 atom stereocenters. The van der Waals surface area contributed by atoms with Gasteiger partial charge in [-0.25, -0.2) is 0 Å². The summed E-state index contributed by atoms with van der Waals surface area (Å²) in [6, 6.07) is -3.63. The van der Waals surface area contributed by atoms with E-state index in [2.05, 4.69) is 0 Å². The molecule has 1 amide bonds. The van der Waals surface area contributed by atoms with Crippen molar-refractivity contribution in [3.63, 3.8) is 0 Å². The predicted molar refractivity (Wildman–Crippen MR) is 72.9 cm³/mol. The molecule has 0 saturated carbocycles. The second-order valence-electron chi connectivity index (χ2n) is 3.26. The summed E-state index contributed by atoms with van der Waals surface area (Å²) in [6.45, 7) is -6.25. The van der Waals surface area contributed by atoms with Crippen LogP contribution in [0.2, 0.25) is 1.41 Å². The minimum Gasteiger partial charge on any atom is -0.497 e. The van der Waals surface area contributed by atoms with Crippen LogP contribution >= 0.6 is 0 Å². The molecule has 2 aromatic carbocycles. The van der Waals surface area contributed by atoms with Crippen LogP contribution in [0.3, 0.4) is 0 Å². The van der Waals surface area contributed by atoms with Gasteiger partial charge in [-0.15, -0.1) is 0 Å². The number of fused-ring (bicyclic) bond motifs is 1. The zero-order valence-corrected chi connectivity index (χ0v) is 9.47. The Kier molecular flexibility index (Phi) is 1.31. The van der Waals surface area contributed by atoms with Crippen LogP contribution in [0, 0.1) is 0 Å². The van der Waals surface area contributed by atoms with Crippen LogP contribution in [0.1, 0.15) is 27.5 Å². The van der Waals surface area contributed by atoms with Gasteiger partial charge in [-0.2, -0.15) is 0 Å². The average Bonchev–Trinajstić information content (AvgIpc) is 2.64. The van der Waals surface area contributed by atoms with E-state index in [4.69, 9.17) is 21.2 Å². The van der Waals surface area contributed by atoms with Crippen LogP contribution in [0.25, 0.3) is 10.8 Å². The maximum atomic E-state index is 11.8. The van der Waals surface area contributed by atoms with Crippen LogP contribution in [0.4, 0.5) is 0 Å². The first-order valence-corrected chi connectivity index (χ1v) is 4.97. The van der Waals surface area contributed by atoms with Gasteiger partial charge in [0.15, 0.2) is 1.41 Å². The number of rotatable bonds is 4. The van der Waals surface area contributed by atoms with Crippen LogP contribution in [0.5, 0.6) is 5.75 Å². The van der Waals surface area contributed by atoms with E-state index < -0.39 is 61.9 Å². The van der Waals surface area contributed by atoms with Gasteiger partial charge >= 0.3 is 0 Å². The molecule has 0 saturated heterocycles. The number of hydrogen-bond donors (Lipinski definition) is 1. The fraction of sp³-hybridized carbons (Fsp3) is 0.267. The fourth-order valence-corrected chi connectivity index (χ4v) is 1.37. The highest BCUT2D eigenvalue weighted by atomic mass is 16.5. The molecule has 0 aliphatic rings. The van der Waals surface area contributed by atoms with Crippen LogP contribution in [0.15, 0.2) is 36.3 Å². The van der Waals surface area contributed by atoms with Crippen LogP contribution in [-0.2, 0) is 11.2 Å². The van der Waals surface area contributed by atoms with Gasteiger partial charge in [0.25, 0.3) is 0 Å². The van der Waals surface area contributed by atoms with Gasteiger partial charge in [-0.05, 0) is 34.8 Å². The fourth-order valence-electron chi connectivity index (χ4n) is 1.37. The molecule has 0 aromatic heterocycles. The van der Waals surface area contributed by atoms with E-state index in [0.29, 0.717) is 0 Å². The summed E-state index contributed by atoms with van der Waals surface area (Å²) in [5.41, 5.74) is -0.386. The smallest absolute Gasteiger partial charge is 0.216 e. The van der Waals surface area contributed by atoms with Gasteiger partial charge in [-0.3, -0.25) is 4.79 Å². The van der Waals surface area contributed by atoms with E-state index >= 15 is 0 Å². The van der Waals surface area contributed by atoms with E-state index in [-0.39, 0.29) is 27.4 Å². The molecule has 0 bridgehead atoms. The first-order chi connectivity index (χ1) is 13.6. The number of methoxy groups -OCH3 is 1. The third kappa shape index (κ3) is 2.80. The van der Waals surface area contributed by atoms with Crippen molar-refractivity contribution in [2.24, 2.45) is 0 Å². The predicted octanol–water partition coefficient (Wildman–Crippen LogP) is 2.53. The van der Waals surface area contributed by atoms with E-state index in [1.54, 1.807) is 0 Å². The van der Waals surface area contributed by atoms with Gasteiger partial charge in [-0.1, -0.05) is 24.2 Å². The second-order valence-corrected chi connectivity index (χ2v) is 3.26. The first-order valence-electron chi connectivity index (χ1n) is 10.9. The molecular weight excluding hydrogens is 226 g/mol. The van der Waals surface area contributed by atoms with Crippen LogP contribution in [-0.4, -0.2) is 19.5 Å². The topological polar surface area (TPSA) is 38.3 Å². The van der Waals surface area contributed by atoms with Gasteiger partial charge < -0.3 is 10.0 Å². The third-order valence-electron chi connectivity index (χ3n) is 2.13. The number of ether oxygens (including phenoxy) is 1. The van der Waals surface area contributed by atoms with Crippen molar-refractivity contribution in [3.8, 4) is 5.75 Å². The molecule has 2 rings (SSSR count). The van der Waals surface area contributed by atoms with Gasteiger partial charge in [0.1, 0.15) is 5.75 Å². The minimum atomic E-state index is -3.29. The van der Waals surface area contributed by atoms with Crippen molar-refractivity contribution in [3.05, 3.63) is 41.8 Å². The molecule has 0 fully saturated rings. The Morgan fingerprint density at radius 2 is 2.44 bits per heavy atom. The zero-order chi connectivity index (χ0) is 23.3. The lowest BCUT2D eigenvalue weighted by molar-refractivity contribution is -0.118. The summed E-state index contributed by atoms with van der Waals surface area (Å²) in [4.78, 5) is 11.8. The standard InChI is InChI=1S/C15H17NO2/c1-11(17)16-9-8-13-5-3-4-12-6-7-14(18-2)10-15(12)13/h3-7,10H,8-9H2,1-2H3,(H,16,17)/i1D3,3D,4D,5D,6D,7D,9D2,10D/hD. The number of benzene rings is 2. The number of hydrogen-bond acceptors (Lipinski definition) is 2. The number of carbonyl (C=O) groups excluding carboxylic acids is 1. The lowest BCUT2D eigenvalue weighted by Crippen LogP contribution is -2.22. The zero-order valence-electron chi connectivity index (χ0n) is 21.5. The second kappa shape index (κ2) is 5.54. The van der Waals surface area contributed by atoms with Crippen molar-refractivity contribution in [2.45, 2.75) is 13.3 Å². The van der Waals surface area contributed by atoms with Gasteiger partial charge in [0, 0.05) is 20.2 Å². The Bertz CT molecular complexity index is 1030. The molecule has 18 heavy (non-hydrogen) atoms. The quantitative estimate of drug-likeness (QED) is 0.911. The van der Waals surface area contributed by atoms with Crippen LogP contribution < -0.4 is 10.0 Å². The molecule has 0 spiro atoms. The molecule has 3 nitrogen and oxygen atoms in total. The van der Waals surface area contributed by atoms with E-state index in [1.165, 1.54) is 0 Å². The highest BCUT2D eigenvalue weighted by Gasteiger charge is 2.03. The Morgan fingerprint density at radius 3 is 3.22 bits per heavy atom. The van der Waals surface area contributed by atoms with E-state index in [9.17, 15) is 4.79 Å². The highest BCUT2D eigenvalue weighted by molar-refractivity contribution is 5.87. The van der Waals surface area contributed by atoms with Crippen molar-refractivity contribution in [1.29, 1.82) is 0 Å². The molecular formula is C15H17NO2. The summed E-state index contributed by atoms with van der Waals surface area (Å²) < 4.78 is 98.3. The maximum Gasteiger partial charge on any atom is 0.216 e. The van der Waals surface area contributed by atoms with Gasteiger partial charge in [0.2, 0.25) is 5.91 Å². The summed E-state index contributed by atoms with van der Waals surface area (Å²) >= 11 is 0. The van der Waals surface area contributed by atoms with E-state index in [1.807, 2.05) is 0 Å². The minimum absolute atomic E-state index is 0.308. The highest BCUT2D eigenvalue weighted by Crippen LogP contribution is 2.24. The molecule has 3 heteroatoms. The average molecular weight is 255 g/mol. The van der Waals surface area contributed by atoms with Crippen molar-refractivity contribution >= 4 is 16.7 Å². The van der Waals surface area contributed by atoms with E-state index in [0.717, 1.165) is 7.11 Å². The van der Waals surface area contributed by atoms with Crippen molar-refractivity contribution in [1.82, 2.24) is 5.31 Å². The lowest BCUT2D eigenvalue weighted by Gasteiger charge is -2.08. The van der Waals surface area contributed by atoms with Gasteiger partial charge in [0.05, 0.1) is 15.3 Å². The lowest BCUT2D eigenvalue weighted by atomic mass is 10.0. The maximum absolute atomic E-state index is 11.8. The SMILES string of the molecule is [2H]c1c([2H])c(CC([2H])([2H])N([2H])C(=O)C([2H])([2H])[2H])c2c([2H])c(OC)c([2H])c([2H])c2c1[2H]. The third-order valence-corrected chi connectivity index (χ3v) is 2.13. The molecule has 0 aliphatic carbocycles. The Hall–Kier alpha value is -2.03. The van der Waals surface area contributed by atoms with Crippen molar-refractivity contribution < 1.29 is 26.0 Å². The molecule has 94 valence electrons. The number of amides is 1. The van der Waals surface area contributed by atoms with Crippen molar-refractivity contribution in [2.75, 3.05) is 13.6 Å². The number of carbonyl (C=O) groups is 1. The largest absolute Gasteiger partial charge is 0.497 e. The summed E-state index contributed by atoms with van der Waals surface area (Å²) in [7, 11) is 1.14. The molecule has 2 aromatic rings. The Morgan fingerprint density at radius 1 is 1.56 bits per heavy atom. The Balaban J connectivity index is 2.85. The summed E-state index contributed by atoms with van der Waals surface area (Å²) in [5.74, 6) is -2.17. The monoisotopic (exact) mass is 255 g/mol. The summed E-state index contributed by atoms with van der Waals surface area (Å²) in [6.07, 6.45) is -0.967. The first kappa shape index (κ1) is 4.26. The molecule has 0 radical (unpaired) electrons. The summed E-state index contributed by atoms with van der Waals surface area (Å²) in [5, 5.41) is -1.04. The Labute approximate surface area is 124 Å². The molecule has 1 N–H and O–H groups in total. The number of aryl methyl sites for hydroxylation is 1. The number of nitrogens with one attached hydrogen (secondary N) is 1. The molecule has 0 unspecified atom stereocenters. The molecule has 0 aliphatic heterocycles. The normalized spacial score (nSPS) is 21.4. The molecule has 0 heterocycles.